The van der Waals surface area contributed by atoms with Gasteiger partial charge in [-0.15, -0.1) is 0 Å². The van der Waals surface area contributed by atoms with Crippen molar-refractivity contribution in [2.45, 2.75) is 39.2 Å². The Bertz CT molecular complexity index is 1240. The molecule has 9 heteroatoms. The third-order valence-electron chi connectivity index (χ3n) is 5.17. The summed E-state index contributed by atoms with van der Waals surface area (Å²) in [6.07, 6.45) is 2.24. The molecule has 152 valence electrons. The van der Waals surface area contributed by atoms with E-state index in [-0.39, 0.29) is 23.3 Å². The molecule has 0 fully saturated rings. The van der Waals surface area contributed by atoms with Crippen LogP contribution in [0.3, 0.4) is 0 Å². The van der Waals surface area contributed by atoms with E-state index in [2.05, 4.69) is 15.1 Å². The van der Waals surface area contributed by atoms with Gasteiger partial charge >= 0.3 is 0 Å². The van der Waals surface area contributed by atoms with Gasteiger partial charge in [0.05, 0.1) is 23.6 Å². The lowest BCUT2D eigenvalue weighted by Gasteiger charge is -2.17. The van der Waals surface area contributed by atoms with Crippen molar-refractivity contribution in [1.29, 1.82) is 0 Å². The number of nitrogens with zero attached hydrogens (tertiary/aromatic N) is 5. The topological polar surface area (TPSA) is 87.5 Å². The largest absolute Gasteiger partial charge is 0.384 e. The predicted octanol–water partition coefficient (Wildman–Crippen LogP) is 3.56. The Kier molecular flexibility index (Phi) is 4.91. The Hall–Kier alpha value is -3.07. The molecule has 29 heavy (non-hydrogen) atoms. The Labute approximate surface area is 165 Å². The molecule has 0 bridgehead atoms. The molecular formula is C20H22FN5O3. The van der Waals surface area contributed by atoms with E-state index in [1.807, 2.05) is 20.8 Å². The van der Waals surface area contributed by atoms with Gasteiger partial charge in [0.2, 0.25) is 11.7 Å². The Morgan fingerprint density at radius 3 is 2.79 bits per heavy atom. The minimum absolute atomic E-state index is 0.0873. The molecule has 0 aliphatic rings. The van der Waals surface area contributed by atoms with Crippen LogP contribution in [-0.4, -0.2) is 37.8 Å². The fourth-order valence-corrected chi connectivity index (χ4v) is 3.49. The van der Waals surface area contributed by atoms with Crippen LogP contribution >= 0.6 is 0 Å². The average molecular weight is 399 g/mol. The van der Waals surface area contributed by atoms with Crippen molar-refractivity contribution in [2.75, 3.05) is 13.7 Å². The summed E-state index contributed by atoms with van der Waals surface area (Å²) in [5.41, 5.74) is 1.58. The van der Waals surface area contributed by atoms with Gasteiger partial charge in [0.1, 0.15) is 23.4 Å². The van der Waals surface area contributed by atoms with E-state index in [1.165, 1.54) is 18.5 Å². The summed E-state index contributed by atoms with van der Waals surface area (Å²) in [5, 5.41) is 4.02. The van der Waals surface area contributed by atoms with Crippen molar-refractivity contribution in [1.82, 2.24) is 24.1 Å². The van der Waals surface area contributed by atoms with Crippen molar-refractivity contribution < 1.29 is 13.7 Å². The van der Waals surface area contributed by atoms with E-state index in [9.17, 15) is 9.18 Å². The van der Waals surface area contributed by atoms with E-state index < -0.39 is 5.82 Å². The van der Waals surface area contributed by atoms with Crippen LogP contribution in [0.1, 0.15) is 45.0 Å². The van der Waals surface area contributed by atoms with Crippen molar-refractivity contribution in [3.05, 3.63) is 46.6 Å². The second-order valence-electron chi connectivity index (χ2n) is 7.19. The first-order valence-corrected chi connectivity index (χ1v) is 9.50. The third kappa shape index (κ3) is 3.11. The molecule has 4 rings (SSSR count). The number of benzene rings is 1. The smallest absolute Gasteiger partial charge is 0.278 e. The maximum Gasteiger partial charge on any atom is 0.278 e. The molecule has 0 spiro atoms. The van der Waals surface area contributed by atoms with Crippen LogP contribution in [-0.2, 0) is 4.74 Å². The number of halogens is 1. The second-order valence-corrected chi connectivity index (χ2v) is 7.19. The first-order valence-electron chi connectivity index (χ1n) is 9.50. The molecule has 4 aromatic rings. The number of hydrogen-bond acceptors (Lipinski definition) is 6. The van der Waals surface area contributed by atoms with Gasteiger partial charge in [-0.2, -0.15) is 4.98 Å². The van der Waals surface area contributed by atoms with Crippen LogP contribution in [0.2, 0.25) is 0 Å². The number of aromatic nitrogens is 5. The maximum absolute atomic E-state index is 13.9. The molecular weight excluding hydrogens is 377 g/mol. The maximum atomic E-state index is 13.9. The van der Waals surface area contributed by atoms with Gasteiger partial charge in [-0.05, 0) is 31.5 Å². The second kappa shape index (κ2) is 7.40. The normalized spacial score (nSPS) is 14.0. The van der Waals surface area contributed by atoms with Gasteiger partial charge < -0.3 is 13.8 Å². The molecule has 0 radical (unpaired) electrons. The zero-order valence-electron chi connectivity index (χ0n) is 16.7. The highest BCUT2D eigenvalue weighted by Gasteiger charge is 2.23. The molecule has 0 N–H and O–H groups in total. The summed E-state index contributed by atoms with van der Waals surface area (Å²) < 4.78 is 27.7. The zero-order valence-corrected chi connectivity index (χ0v) is 16.7. The summed E-state index contributed by atoms with van der Waals surface area (Å²) in [6.45, 7) is 6.25. The standard InChI is InChI=1S/C20H22FN5O3/c1-5-12(3)26-15-8-13(21)6-7-14(15)25-10-22-16(17(25)20(26)27)18-23-19(29-24-18)11(2)9-28-4/h6-8,10-12H,5,9H2,1-4H3. The van der Waals surface area contributed by atoms with Crippen molar-refractivity contribution in [2.24, 2.45) is 0 Å². The lowest BCUT2D eigenvalue weighted by atomic mass is 10.2. The lowest BCUT2D eigenvalue weighted by molar-refractivity contribution is 0.170. The molecule has 0 saturated carbocycles. The summed E-state index contributed by atoms with van der Waals surface area (Å²) in [4.78, 5) is 22.2. The molecule has 8 nitrogen and oxygen atoms in total. The number of imidazole rings is 1. The van der Waals surface area contributed by atoms with Gasteiger partial charge in [0.25, 0.3) is 5.56 Å². The summed E-state index contributed by atoms with van der Waals surface area (Å²) >= 11 is 0. The number of hydrogen-bond donors (Lipinski definition) is 0. The fourth-order valence-electron chi connectivity index (χ4n) is 3.49. The van der Waals surface area contributed by atoms with Crippen molar-refractivity contribution in [3.8, 4) is 11.5 Å². The zero-order chi connectivity index (χ0) is 20.7. The van der Waals surface area contributed by atoms with E-state index in [0.717, 1.165) is 0 Å². The molecule has 0 amide bonds. The van der Waals surface area contributed by atoms with Crippen LogP contribution < -0.4 is 5.56 Å². The molecule has 0 saturated heterocycles. The van der Waals surface area contributed by atoms with Crippen molar-refractivity contribution in [3.63, 3.8) is 0 Å². The highest BCUT2D eigenvalue weighted by molar-refractivity contribution is 5.83. The molecule has 2 atom stereocenters. The molecule has 0 aliphatic carbocycles. The number of fused-ring (bicyclic) bond motifs is 3. The van der Waals surface area contributed by atoms with Gasteiger partial charge in [-0.3, -0.25) is 9.20 Å². The monoisotopic (exact) mass is 399 g/mol. The minimum Gasteiger partial charge on any atom is -0.384 e. The van der Waals surface area contributed by atoms with Crippen LogP contribution in [0.25, 0.3) is 28.1 Å². The SMILES string of the molecule is CCC(C)n1c(=O)c2c(-c3noc(C(C)COC)n3)ncn2c2ccc(F)cc21. The van der Waals surface area contributed by atoms with E-state index in [0.29, 0.717) is 41.2 Å². The first kappa shape index (κ1) is 19.3. The number of ether oxygens (including phenoxy) is 1. The Morgan fingerprint density at radius 1 is 1.28 bits per heavy atom. The summed E-state index contributed by atoms with van der Waals surface area (Å²) in [6, 6.07) is 4.26. The van der Waals surface area contributed by atoms with Crippen LogP contribution in [0.5, 0.6) is 0 Å². The van der Waals surface area contributed by atoms with Gasteiger partial charge in [-0.1, -0.05) is 19.0 Å². The summed E-state index contributed by atoms with van der Waals surface area (Å²) in [7, 11) is 1.60. The molecule has 3 aromatic heterocycles. The van der Waals surface area contributed by atoms with E-state index in [4.69, 9.17) is 9.26 Å². The van der Waals surface area contributed by atoms with Crippen LogP contribution in [0.15, 0.2) is 33.8 Å². The van der Waals surface area contributed by atoms with E-state index >= 15 is 0 Å². The average Bonchev–Trinajstić information content (AvgIpc) is 3.35. The highest BCUT2D eigenvalue weighted by Crippen LogP contribution is 2.26. The van der Waals surface area contributed by atoms with Gasteiger partial charge in [0, 0.05) is 13.2 Å². The molecule has 2 unspecified atom stereocenters. The quantitative estimate of drug-likeness (QED) is 0.493. The minimum atomic E-state index is -0.399. The number of rotatable bonds is 6. The van der Waals surface area contributed by atoms with Gasteiger partial charge in [0.15, 0.2) is 0 Å². The summed E-state index contributed by atoms with van der Waals surface area (Å²) in [5.74, 6) is 0.159. The predicted molar refractivity (Wildman–Crippen MR) is 106 cm³/mol. The van der Waals surface area contributed by atoms with E-state index in [1.54, 1.807) is 22.1 Å². The van der Waals surface area contributed by atoms with Crippen LogP contribution in [0, 0.1) is 5.82 Å². The van der Waals surface area contributed by atoms with Gasteiger partial charge in [-0.25, -0.2) is 9.37 Å². The lowest BCUT2D eigenvalue weighted by Crippen LogP contribution is -2.25. The third-order valence-corrected chi connectivity index (χ3v) is 5.17. The number of methoxy groups -OCH3 is 1. The Morgan fingerprint density at radius 2 is 2.07 bits per heavy atom. The first-order chi connectivity index (χ1) is 14.0. The van der Waals surface area contributed by atoms with Crippen molar-refractivity contribution >= 4 is 16.6 Å². The fraction of sp³-hybridized carbons (Fsp3) is 0.400. The Balaban J connectivity index is 1.99. The molecule has 0 aliphatic heterocycles. The molecule has 3 heterocycles. The highest BCUT2D eigenvalue weighted by atomic mass is 19.1. The molecule has 1 aromatic carbocycles. The van der Waals surface area contributed by atoms with Crippen LogP contribution in [0.4, 0.5) is 4.39 Å².